The van der Waals surface area contributed by atoms with Gasteiger partial charge in [-0.05, 0) is 67.8 Å². The fraction of sp³-hybridized carbons (Fsp3) is 0.167. The third kappa shape index (κ3) is 4.11. The minimum atomic E-state index is -0.395. The van der Waals surface area contributed by atoms with Gasteiger partial charge in [0.2, 0.25) is 0 Å². The van der Waals surface area contributed by atoms with Crippen LogP contribution in [0.25, 0.3) is 16.6 Å². The number of aromatic nitrogens is 2. The molecule has 1 amide bonds. The van der Waals surface area contributed by atoms with Crippen LogP contribution in [-0.4, -0.2) is 22.0 Å². The van der Waals surface area contributed by atoms with Crippen molar-refractivity contribution in [2.75, 3.05) is 6.54 Å². The molecule has 2 aromatic carbocycles. The van der Waals surface area contributed by atoms with E-state index in [0.717, 1.165) is 27.7 Å². The number of hydrogen-bond donors (Lipinski definition) is 2. The summed E-state index contributed by atoms with van der Waals surface area (Å²) in [4.78, 5) is 28.2. The highest BCUT2D eigenvalue weighted by atomic mass is 35.5. The predicted molar refractivity (Wildman–Crippen MR) is 121 cm³/mol. The number of aryl methyl sites for hydroxylation is 2. The number of rotatable bonds is 5. The normalized spacial score (nSPS) is 11.1. The van der Waals surface area contributed by atoms with Gasteiger partial charge in [0, 0.05) is 35.6 Å². The second kappa shape index (κ2) is 8.40. The summed E-state index contributed by atoms with van der Waals surface area (Å²) >= 11 is 6.42. The Morgan fingerprint density at radius 3 is 2.58 bits per heavy atom. The second-order valence-corrected chi connectivity index (χ2v) is 7.86. The molecular weight excluding hydrogens is 417 g/mol. The number of carbonyl (C=O) groups is 1. The number of benzene rings is 2. The van der Waals surface area contributed by atoms with Gasteiger partial charge in [0.1, 0.15) is 5.82 Å². The van der Waals surface area contributed by atoms with Gasteiger partial charge in [-0.15, -0.1) is 0 Å². The predicted octanol–water partition coefficient (Wildman–Crippen LogP) is 4.70. The van der Waals surface area contributed by atoms with Crippen LogP contribution in [0.4, 0.5) is 4.39 Å². The van der Waals surface area contributed by atoms with E-state index >= 15 is 0 Å². The highest BCUT2D eigenvalue weighted by Crippen LogP contribution is 2.31. The van der Waals surface area contributed by atoms with E-state index in [1.165, 1.54) is 47.2 Å². The molecule has 31 heavy (non-hydrogen) atoms. The minimum Gasteiger partial charge on any atom is -0.358 e. The van der Waals surface area contributed by atoms with Crippen LogP contribution in [0.15, 0.2) is 59.5 Å². The molecule has 2 N–H and O–H groups in total. The molecule has 0 atom stereocenters. The van der Waals surface area contributed by atoms with Gasteiger partial charge in [0.25, 0.3) is 11.5 Å². The molecule has 2 heterocycles. The van der Waals surface area contributed by atoms with Crippen molar-refractivity contribution in [3.05, 3.63) is 98.3 Å². The van der Waals surface area contributed by atoms with Crippen molar-refractivity contribution in [1.82, 2.24) is 14.9 Å². The number of nitrogens with one attached hydrogen (secondary N) is 2. The Bertz CT molecular complexity index is 1340. The molecule has 5 nitrogen and oxygen atoms in total. The van der Waals surface area contributed by atoms with Crippen molar-refractivity contribution in [3.8, 4) is 5.69 Å². The highest BCUT2D eigenvalue weighted by molar-refractivity contribution is 6.35. The van der Waals surface area contributed by atoms with Crippen LogP contribution in [-0.2, 0) is 6.42 Å². The maximum atomic E-state index is 13.2. The smallest absolute Gasteiger partial charge is 0.255 e. The van der Waals surface area contributed by atoms with Gasteiger partial charge < -0.3 is 10.3 Å². The van der Waals surface area contributed by atoms with Crippen LogP contribution in [0, 0.1) is 19.7 Å². The monoisotopic (exact) mass is 437 g/mol. The summed E-state index contributed by atoms with van der Waals surface area (Å²) in [5.41, 5.74) is 4.74. The van der Waals surface area contributed by atoms with Crippen molar-refractivity contribution in [1.29, 1.82) is 0 Å². The first-order valence-electron chi connectivity index (χ1n) is 9.88. The Morgan fingerprint density at radius 1 is 1.10 bits per heavy atom. The van der Waals surface area contributed by atoms with Crippen LogP contribution in [0.5, 0.6) is 0 Å². The van der Waals surface area contributed by atoms with E-state index in [2.05, 4.69) is 10.3 Å². The quantitative estimate of drug-likeness (QED) is 0.475. The molecule has 0 bridgehead atoms. The lowest BCUT2D eigenvalue weighted by Crippen LogP contribution is -2.28. The molecule has 0 unspecified atom stereocenters. The zero-order valence-electron chi connectivity index (χ0n) is 17.1. The second-order valence-electron chi connectivity index (χ2n) is 7.45. The van der Waals surface area contributed by atoms with Crippen molar-refractivity contribution in [2.45, 2.75) is 20.3 Å². The molecule has 0 aliphatic heterocycles. The van der Waals surface area contributed by atoms with Crippen LogP contribution in [0.2, 0.25) is 5.02 Å². The van der Waals surface area contributed by atoms with Crippen LogP contribution < -0.4 is 10.9 Å². The van der Waals surface area contributed by atoms with Crippen molar-refractivity contribution in [3.63, 3.8) is 0 Å². The van der Waals surface area contributed by atoms with Crippen molar-refractivity contribution >= 4 is 28.4 Å². The molecule has 0 fully saturated rings. The molecule has 0 aliphatic carbocycles. The first-order chi connectivity index (χ1) is 14.8. The van der Waals surface area contributed by atoms with Gasteiger partial charge in [0.05, 0.1) is 16.1 Å². The molecule has 7 heteroatoms. The van der Waals surface area contributed by atoms with Gasteiger partial charge in [-0.3, -0.25) is 14.2 Å². The molecule has 0 saturated carbocycles. The van der Waals surface area contributed by atoms with Gasteiger partial charge in [0.15, 0.2) is 0 Å². The SMILES string of the molecule is Cc1[nH]c2c(C)ccc(Cl)c2c1CCNC(=O)c1ccc(=O)n(-c2ccc(F)cc2)c1. The van der Waals surface area contributed by atoms with E-state index < -0.39 is 5.82 Å². The van der Waals surface area contributed by atoms with E-state index in [1.54, 1.807) is 0 Å². The molecule has 0 saturated heterocycles. The minimum absolute atomic E-state index is 0.296. The first-order valence-corrected chi connectivity index (χ1v) is 10.3. The van der Waals surface area contributed by atoms with E-state index in [9.17, 15) is 14.0 Å². The average Bonchev–Trinajstić information content (AvgIpc) is 3.09. The van der Waals surface area contributed by atoms with E-state index in [-0.39, 0.29) is 11.5 Å². The molecule has 0 spiro atoms. The number of H-pyrrole nitrogens is 1. The molecule has 158 valence electrons. The summed E-state index contributed by atoms with van der Waals surface area (Å²) < 4.78 is 14.5. The number of pyridine rings is 1. The number of halogens is 2. The van der Waals surface area contributed by atoms with Crippen LogP contribution in [0.1, 0.15) is 27.2 Å². The summed E-state index contributed by atoms with van der Waals surface area (Å²) in [6.45, 7) is 4.42. The van der Waals surface area contributed by atoms with E-state index in [1.807, 2.05) is 26.0 Å². The molecular formula is C24H21ClFN3O2. The third-order valence-corrected chi connectivity index (χ3v) is 5.68. The zero-order valence-corrected chi connectivity index (χ0v) is 17.9. The fourth-order valence-corrected chi connectivity index (χ4v) is 4.00. The molecule has 0 aliphatic rings. The van der Waals surface area contributed by atoms with Crippen molar-refractivity contribution < 1.29 is 9.18 Å². The maximum absolute atomic E-state index is 13.2. The number of amides is 1. The third-order valence-electron chi connectivity index (χ3n) is 5.37. The molecule has 4 aromatic rings. The zero-order chi connectivity index (χ0) is 22.1. The standard InChI is InChI=1S/C24H21ClFN3O2/c1-14-3-9-20(25)22-19(15(2)28-23(14)22)11-12-27-24(31)16-4-10-21(30)29(13-16)18-7-5-17(26)6-8-18/h3-10,13,28H,11-12H2,1-2H3,(H,27,31). The Balaban J connectivity index is 1.51. The van der Waals surface area contributed by atoms with Crippen molar-refractivity contribution in [2.24, 2.45) is 0 Å². The Hall–Kier alpha value is -3.38. The summed E-state index contributed by atoms with van der Waals surface area (Å²) in [7, 11) is 0. The fourth-order valence-electron chi connectivity index (χ4n) is 3.73. The van der Waals surface area contributed by atoms with Gasteiger partial charge in [-0.2, -0.15) is 0 Å². The largest absolute Gasteiger partial charge is 0.358 e. The maximum Gasteiger partial charge on any atom is 0.255 e. The Morgan fingerprint density at radius 2 is 1.84 bits per heavy atom. The Labute approximate surface area is 183 Å². The summed E-state index contributed by atoms with van der Waals surface area (Å²) in [6.07, 6.45) is 2.07. The van der Waals surface area contributed by atoms with Gasteiger partial charge in [-0.1, -0.05) is 17.7 Å². The number of fused-ring (bicyclic) bond motifs is 1. The number of aromatic amines is 1. The number of nitrogens with zero attached hydrogens (tertiary/aromatic N) is 1. The average molecular weight is 438 g/mol. The number of carbonyl (C=O) groups excluding carboxylic acids is 1. The van der Waals surface area contributed by atoms with Gasteiger partial charge >= 0.3 is 0 Å². The number of hydrogen-bond acceptors (Lipinski definition) is 2. The lowest BCUT2D eigenvalue weighted by atomic mass is 10.1. The molecule has 0 radical (unpaired) electrons. The molecule has 2 aromatic heterocycles. The summed E-state index contributed by atoms with van der Waals surface area (Å²) in [5.74, 6) is -0.691. The molecule has 4 rings (SSSR count). The topological polar surface area (TPSA) is 66.9 Å². The summed E-state index contributed by atoms with van der Waals surface area (Å²) in [5, 5.41) is 4.56. The first kappa shape index (κ1) is 20.9. The lowest BCUT2D eigenvalue weighted by Gasteiger charge is -2.10. The van der Waals surface area contributed by atoms with E-state index in [4.69, 9.17) is 11.6 Å². The van der Waals surface area contributed by atoms with E-state index in [0.29, 0.717) is 29.2 Å². The van der Waals surface area contributed by atoms with Crippen LogP contribution >= 0.6 is 11.6 Å². The van der Waals surface area contributed by atoms with Gasteiger partial charge in [-0.25, -0.2) is 4.39 Å². The van der Waals surface area contributed by atoms with Crippen LogP contribution in [0.3, 0.4) is 0 Å². The highest BCUT2D eigenvalue weighted by Gasteiger charge is 2.14. The Kier molecular flexibility index (Phi) is 5.65. The lowest BCUT2D eigenvalue weighted by molar-refractivity contribution is 0.0953. The summed E-state index contributed by atoms with van der Waals surface area (Å²) in [6, 6.07) is 12.2.